The average molecular weight is 223 g/mol. The van der Waals surface area contributed by atoms with Gasteiger partial charge in [0, 0.05) is 16.9 Å². The maximum Gasteiger partial charge on any atom is 0.110 e. The van der Waals surface area contributed by atoms with Crippen molar-refractivity contribution in [2.45, 2.75) is 26.3 Å². The van der Waals surface area contributed by atoms with Crippen LogP contribution in [0.3, 0.4) is 0 Å². The molecule has 1 atom stereocenters. The van der Waals surface area contributed by atoms with E-state index in [1.807, 2.05) is 6.92 Å². The van der Waals surface area contributed by atoms with Crippen molar-refractivity contribution in [2.24, 2.45) is 5.73 Å². The van der Waals surface area contributed by atoms with Crippen LogP contribution in [0.2, 0.25) is 5.15 Å². The first-order valence-corrected chi connectivity index (χ1v) is 5.48. The lowest BCUT2D eigenvalue weighted by atomic mass is 10.1. The molecule has 3 N–H and O–H groups in total. The zero-order valence-electron chi connectivity index (χ0n) is 8.97. The largest absolute Gasteiger partial charge is 0.345 e. The van der Waals surface area contributed by atoms with Gasteiger partial charge in [-0.05, 0) is 38.0 Å². The van der Waals surface area contributed by atoms with E-state index in [9.17, 15) is 0 Å². The quantitative estimate of drug-likeness (QED) is 0.806. The normalized spacial score (nSPS) is 13.3. The highest BCUT2D eigenvalue weighted by molar-refractivity contribution is 6.31. The van der Waals surface area contributed by atoms with Crippen molar-refractivity contribution in [3.8, 4) is 0 Å². The number of aryl methyl sites for hydroxylation is 1. The van der Waals surface area contributed by atoms with Gasteiger partial charge in [-0.3, -0.25) is 0 Å². The van der Waals surface area contributed by atoms with Gasteiger partial charge in [-0.15, -0.1) is 0 Å². The molecule has 0 fully saturated rings. The summed E-state index contributed by atoms with van der Waals surface area (Å²) >= 11 is 6.15. The van der Waals surface area contributed by atoms with Crippen LogP contribution in [-0.2, 0) is 6.42 Å². The summed E-state index contributed by atoms with van der Waals surface area (Å²) in [5, 5.41) is 1.91. The molecule has 1 aromatic heterocycles. The average Bonchev–Trinajstić information content (AvgIpc) is 2.43. The second kappa shape index (κ2) is 3.87. The summed E-state index contributed by atoms with van der Waals surface area (Å²) in [6.45, 7) is 4.07. The second-order valence-electron chi connectivity index (χ2n) is 4.15. The first kappa shape index (κ1) is 10.5. The maximum absolute atomic E-state index is 6.15. The van der Waals surface area contributed by atoms with E-state index in [1.54, 1.807) is 0 Å². The minimum absolute atomic E-state index is 0.127. The van der Waals surface area contributed by atoms with Gasteiger partial charge in [0.2, 0.25) is 0 Å². The van der Waals surface area contributed by atoms with E-state index in [-0.39, 0.29) is 6.04 Å². The van der Waals surface area contributed by atoms with Crippen molar-refractivity contribution in [3.63, 3.8) is 0 Å². The molecule has 1 heterocycles. The third-order valence-electron chi connectivity index (χ3n) is 2.54. The fraction of sp³-hybridized carbons (Fsp3) is 0.333. The molecule has 3 heteroatoms. The number of halogens is 1. The predicted molar refractivity (Wildman–Crippen MR) is 65.4 cm³/mol. The van der Waals surface area contributed by atoms with Crippen LogP contribution >= 0.6 is 11.6 Å². The van der Waals surface area contributed by atoms with E-state index in [1.165, 1.54) is 10.9 Å². The smallest absolute Gasteiger partial charge is 0.110 e. The number of benzene rings is 1. The first-order chi connectivity index (χ1) is 7.08. The zero-order valence-corrected chi connectivity index (χ0v) is 9.73. The summed E-state index contributed by atoms with van der Waals surface area (Å²) in [5.41, 5.74) is 9.26. The van der Waals surface area contributed by atoms with Crippen molar-refractivity contribution >= 4 is 22.5 Å². The van der Waals surface area contributed by atoms with Gasteiger partial charge in [0.05, 0.1) is 0 Å². The Morgan fingerprint density at radius 3 is 2.87 bits per heavy atom. The van der Waals surface area contributed by atoms with Gasteiger partial charge in [0.25, 0.3) is 0 Å². The van der Waals surface area contributed by atoms with Gasteiger partial charge in [-0.25, -0.2) is 0 Å². The number of rotatable bonds is 2. The molecule has 0 saturated carbocycles. The third kappa shape index (κ3) is 2.01. The topological polar surface area (TPSA) is 41.8 Å². The second-order valence-corrected chi connectivity index (χ2v) is 4.53. The molecule has 2 rings (SSSR count). The standard InChI is InChI=1S/C12H15ClN2/c1-7-3-4-11-9(5-7)10(6-8(2)14)12(13)15-11/h3-5,8,15H,6,14H2,1-2H3. The molecule has 1 aromatic carbocycles. The molecule has 1 unspecified atom stereocenters. The molecule has 0 aliphatic heterocycles. The van der Waals surface area contributed by atoms with Crippen molar-refractivity contribution in [1.29, 1.82) is 0 Å². The Morgan fingerprint density at radius 1 is 1.47 bits per heavy atom. The van der Waals surface area contributed by atoms with Gasteiger partial charge in [0.1, 0.15) is 5.15 Å². The van der Waals surface area contributed by atoms with E-state index in [0.717, 1.165) is 17.5 Å². The van der Waals surface area contributed by atoms with Crippen LogP contribution in [0.5, 0.6) is 0 Å². The van der Waals surface area contributed by atoms with E-state index < -0.39 is 0 Å². The molecule has 80 valence electrons. The fourth-order valence-corrected chi connectivity index (χ4v) is 2.13. The molecule has 0 aliphatic carbocycles. The molecule has 2 aromatic rings. The number of fused-ring (bicyclic) bond motifs is 1. The number of hydrogen-bond acceptors (Lipinski definition) is 1. The third-order valence-corrected chi connectivity index (χ3v) is 2.86. The van der Waals surface area contributed by atoms with Crippen LogP contribution < -0.4 is 5.73 Å². The number of nitrogens with two attached hydrogens (primary N) is 1. The van der Waals surface area contributed by atoms with Crippen LogP contribution in [0.25, 0.3) is 10.9 Å². The number of aromatic amines is 1. The minimum Gasteiger partial charge on any atom is -0.345 e. The maximum atomic E-state index is 6.15. The Labute approximate surface area is 94.4 Å². The summed E-state index contributed by atoms with van der Waals surface area (Å²) in [7, 11) is 0. The summed E-state index contributed by atoms with van der Waals surface area (Å²) in [5.74, 6) is 0. The number of aromatic nitrogens is 1. The highest BCUT2D eigenvalue weighted by Gasteiger charge is 2.11. The molecule has 0 radical (unpaired) electrons. The number of hydrogen-bond donors (Lipinski definition) is 2. The van der Waals surface area contributed by atoms with Gasteiger partial charge >= 0.3 is 0 Å². The van der Waals surface area contributed by atoms with E-state index in [0.29, 0.717) is 5.15 Å². The molecule has 15 heavy (non-hydrogen) atoms. The Morgan fingerprint density at radius 2 is 2.20 bits per heavy atom. The lowest BCUT2D eigenvalue weighted by Gasteiger charge is -2.04. The molecule has 0 bridgehead atoms. The van der Waals surface area contributed by atoms with E-state index >= 15 is 0 Å². The zero-order chi connectivity index (χ0) is 11.0. The molecule has 2 nitrogen and oxygen atoms in total. The summed E-state index contributed by atoms with van der Waals surface area (Å²) in [4.78, 5) is 3.17. The van der Waals surface area contributed by atoms with E-state index in [2.05, 4.69) is 30.1 Å². The molecular weight excluding hydrogens is 208 g/mol. The van der Waals surface area contributed by atoms with Crippen LogP contribution in [0.15, 0.2) is 18.2 Å². The molecule has 0 amide bonds. The van der Waals surface area contributed by atoms with Gasteiger partial charge in [-0.1, -0.05) is 23.2 Å². The number of H-pyrrole nitrogens is 1. The fourth-order valence-electron chi connectivity index (χ4n) is 1.85. The lowest BCUT2D eigenvalue weighted by Crippen LogP contribution is -2.17. The number of nitrogens with one attached hydrogen (secondary N) is 1. The van der Waals surface area contributed by atoms with Crippen molar-refractivity contribution in [2.75, 3.05) is 0 Å². The minimum atomic E-state index is 0.127. The molecule has 0 spiro atoms. The highest BCUT2D eigenvalue weighted by Crippen LogP contribution is 2.27. The van der Waals surface area contributed by atoms with Crippen molar-refractivity contribution in [1.82, 2.24) is 4.98 Å². The molecule has 0 saturated heterocycles. The monoisotopic (exact) mass is 222 g/mol. The molecule has 0 aliphatic rings. The van der Waals surface area contributed by atoms with Crippen LogP contribution in [0.1, 0.15) is 18.1 Å². The summed E-state index contributed by atoms with van der Waals surface area (Å²) in [6, 6.07) is 6.41. The van der Waals surface area contributed by atoms with Gasteiger partial charge in [-0.2, -0.15) is 0 Å². The first-order valence-electron chi connectivity index (χ1n) is 5.10. The van der Waals surface area contributed by atoms with Crippen molar-refractivity contribution in [3.05, 3.63) is 34.5 Å². The van der Waals surface area contributed by atoms with Crippen LogP contribution in [0.4, 0.5) is 0 Å². The van der Waals surface area contributed by atoms with Crippen LogP contribution in [-0.4, -0.2) is 11.0 Å². The predicted octanol–water partition coefficient (Wildman–Crippen LogP) is 3.02. The Hall–Kier alpha value is -0.990. The van der Waals surface area contributed by atoms with Crippen molar-refractivity contribution < 1.29 is 0 Å². The Bertz CT molecular complexity index is 486. The van der Waals surface area contributed by atoms with E-state index in [4.69, 9.17) is 17.3 Å². The van der Waals surface area contributed by atoms with Gasteiger partial charge < -0.3 is 10.7 Å². The Balaban J connectivity index is 2.60. The SMILES string of the molecule is Cc1ccc2[nH]c(Cl)c(CC(C)N)c2c1. The Kier molecular flexibility index (Phi) is 2.72. The van der Waals surface area contributed by atoms with Crippen LogP contribution in [0, 0.1) is 6.92 Å². The summed E-state index contributed by atoms with van der Waals surface area (Å²) in [6.07, 6.45) is 0.808. The van der Waals surface area contributed by atoms with Gasteiger partial charge in [0.15, 0.2) is 0 Å². The lowest BCUT2D eigenvalue weighted by molar-refractivity contribution is 0.741. The summed E-state index contributed by atoms with van der Waals surface area (Å²) < 4.78 is 0. The highest BCUT2D eigenvalue weighted by atomic mass is 35.5. The molecular formula is C12H15ClN2.